The van der Waals surface area contributed by atoms with Crippen LogP contribution in [0.5, 0.6) is 5.75 Å². The first-order valence-corrected chi connectivity index (χ1v) is 9.20. The Bertz CT molecular complexity index is 1030. The molecule has 0 bridgehead atoms. The molecule has 27 heavy (non-hydrogen) atoms. The van der Waals surface area contributed by atoms with E-state index in [0.29, 0.717) is 21.4 Å². The van der Waals surface area contributed by atoms with Crippen LogP contribution >= 0.6 is 15.9 Å². The van der Waals surface area contributed by atoms with Crippen LogP contribution in [0.25, 0.3) is 0 Å². The maximum atomic E-state index is 13.2. The normalized spacial score (nSPS) is 23.5. The zero-order valence-electron chi connectivity index (χ0n) is 14.5. The van der Waals surface area contributed by atoms with Crippen molar-refractivity contribution in [3.63, 3.8) is 0 Å². The van der Waals surface area contributed by atoms with E-state index in [4.69, 9.17) is 4.74 Å². The predicted molar refractivity (Wildman–Crippen MR) is 104 cm³/mol. The average molecular weight is 426 g/mol. The summed E-state index contributed by atoms with van der Waals surface area (Å²) in [5.41, 5.74) is 3.11. The zero-order valence-corrected chi connectivity index (χ0v) is 16.1. The van der Waals surface area contributed by atoms with E-state index in [0.717, 1.165) is 11.1 Å². The molecule has 0 fully saturated rings. The number of hydrogen-bond acceptors (Lipinski definition) is 5. The lowest BCUT2D eigenvalue weighted by Gasteiger charge is -2.34. The molecule has 6 heteroatoms. The molecule has 2 aromatic carbocycles. The number of carbonyl (C=O) groups is 2. The summed E-state index contributed by atoms with van der Waals surface area (Å²) in [4.78, 5) is 30.3. The van der Waals surface area contributed by atoms with Crippen LogP contribution in [-0.4, -0.2) is 29.7 Å². The second-order valence-electron chi connectivity index (χ2n) is 6.61. The third kappa shape index (κ3) is 2.63. The highest BCUT2D eigenvalue weighted by molar-refractivity contribution is 9.10. The van der Waals surface area contributed by atoms with Crippen LogP contribution in [0.3, 0.4) is 0 Å². The molecule has 5 nitrogen and oxygen atoms in total. The summed E-state index contributed by atoms with van der Waals surface area (Å²) in [6.45, 7) is 3.98. The van der Waals surface area contributed by atoms with Crippen molar-refractivity contribution in [2.45, 2.75) is 5.92 Å². The van der Waals surface area contributed by atoms with Gasteiger partial charge < -0.3 is 9.84 Å². The first-order valence-electron chi connectivity index (χ1n) is 8.41. The minimum Gasteiger partial charge on any atom is -0.507 e. The highest BCUT2D eigenvalue weighted by atomic mass is 79.9. The Hall–Kier alpha value is -2.73. The second-order valence-corrected chi connectivity index (χ2v) is 7.47. The van der Waals surface area contributed by atoms with Crippen LogP contribution in [0, 0.1) is 11.8 Å². The summed E-state index contributed by atoms with van der Waals surface area (Å²) in [6, 6.07) is 12.3. The predicted octanol–water partition coefficient (Wildman–Crippen LogP) is 3.86. The van der Waals surface area contributed by atoms with E-state index in [9.17, 15) is 14.7 Å². The number of fused-ring (bicyclic) bond motifs is 3. The quantitative estimate of drug-likeness (QED) is 0.741. The van der Waals surface area contributed by atoms with E-state index in [1.54, 1.807) is 18.2 Å². The second kappa shape index (κ2) is 6.46. The van der Waals surface area contributed by atoms with Gasteiger partial charge in [0, 0.05) is 22.7 Å². The number of esters is 1. The van der Waals surface area contributed by atoms with Gasteiger partial charge in [-0.1, -0.05) is 36.9 Å². The number of rotatable bonds is 2. The topological polar surface area (TPSA) is 76.0 Å². The lowest BCUT2D eigenvalue weighted by Crippen LogP contribution is -2.38. The van der Waals surface area contributed by atoms with Crippen molar-refractivity contribution >= 4 is 33.4 Å². The fourth-order valence-electron chi connectivity index (χ4n) is 3.99. The molecule has 1 aliphatic carbocycles. The molecule has 1 heterocycles. The number of carbonyl (C=O) groups excluding carboxylic acids is 2. The van der Waals surface area contributed by atoms with Gasteiger partial charge in [-0.15, -0.1) is 0 Å². The molecule has 3 atom stereocenters. The van der Waals surface area contributed by atoms with Gasteiger partial charge in [0.05, 0.1) is 23.2 Å². The van der Waals surface area contributed by atoms with Gasteiger partial charge >= 0.3 is 5.97 Å². The number of Topliss-reactive ketones (excluding diaryl/α,β-unsaturated/α-hetero) is 1. The fourth-order valence-corrected chi connectivity index (χ4v) is 4.39. The molecule has 1 N–H and O–H groups in total. The monoisotopic (exact) mass is 425 g/mol. The van der Waals surface area contributed by atoms with E-state index < -0.39 is 23.7 Å². The summed E-state index contributed by atoms with van der Waals surface area (Å²) >= 11 is 3.31. The molecule has 2 aliphatic rings. The molecule has 136 valence electrons. The number of ether oxygens (including phenoxy) is 1. The average Bonchev–Trinajstić information content (AvgIpc) is 2.95. The summed E-state index contributed by atoms with van der Waals surface area (Å²) in [7, 11) is 1.31. The van der Waals surface area contributed by atoms with Gasteiger partial charge in [-0.2, -0.15) is 0 Å². The number of benzene rings is 2. The number of methoxy groups -OCH3 is 1. The first-order chi connectivity index (χ1) is 12.9. The molecule has 1 unspecified atom stereocenters. The summed E-state index contributed by atoms with van der Waals surface area (Å²) in [6.07, 6.45) is 0. The van der Waals surface area contributed by atoms with E-state index in [2.05, 4.69) is 27.5 Å². The van der Waals surface area contributed by atoms with Crippen molar-refractivity contribution in [1.82, 2.24) is 0 Å². The van der Waals surface area contributed by atoms with E-state index in [-0.39, 0.29) is 11.5 Å². The van der Waals surface area contributed by atoms with Crippen molar-refractivity contribution in [2.75, 3.05) is 7.11 Å². The van der Waals surface area contributed by atoms with Crippen LogP contribution in [0.15, 0.2) is 64.2 Å². The molecule has 0 aromatic heterocycles. The van der Waals surface area contributed by atoms with Crippen LogP contribution in [-0.2, 0) is 9.53 Å². The number of aromatic hydroxyl groups is 1. The van der Waals surface area contributed by atoms with E-state index >= 15 is 0 Å². The summed E-state index contributed by atoms with van der Waals surface area (Å²) in [5, 5.41) is 9.85. The van der Waals surface area contributed by atoms with Crippen molar-refractivity contribution in [3.05, 3.63) is 75.9 Å². The zero-order chi connectivity index (χ0) is 19.3. The molecular formula is C21H16BrNO4. The standard InChI is InChI=1S/C21H16BrNO4/c1-10-16(21(26)27-2)17(11-7-8-15(24)14(22)9-11)18-19(23-10)12-5-3-4-6-13(12)20(18)25/h3-9,16-18,24H,1H2,2H3/t16-,17+,18?/m0/s1. The smallest absolute Gasteiger partial charge is 0.315 e. The minimum absolute atomic E-state index is 0.0695. The number of halogens is 1. The van der Waals surface area contributed by atoms with E-state index in [1.165, 1.54) is 13.2 Å². The Morgan fingerprint density at radius 2 is 1.93 bits per heavy atom. The molecule has 2 aromatic rings. The Labute approximate surface area is 164 Å². The third-order valence-corrected chi connectivity index (χ3v) is 5.83. The number of nitrogens with zero attached hydrogens (tertiary/aromatic N) is 1. The van der Waals surface area contributed by atoms with Crippen LogP contribution in [0.2, 0.25) is 0 Å². The van der Waals surface area contributed by atoms with Crippen molar-refractivity contribution in [1.29, 1.82) is 0 Å². The molecule has 0 saturated carbocycles. The lowest BCUT2D eigenvalue weighted by molar-refractivity contribution is -0.145. The highest BCUT2D eigenvalue weighted by Gasteiger charge is 2.51. The van der Waals surface area contributed by atoms with Crippen LogP contribution < -0.4 is 0 Å². The largest absolute Gasteiger partial charge is 0.507 e. The van der Waals surface area contributed by atoms with Gasteiger partial charge in [0.1, 0.15) is 11.7 Å². The number of phenolic OH excluding ortho intramolecular Hbond substituents is 1. The summed E-state index contributed by atoms with van der Waals surface area (Å²) < 4.78 is 5.47. The van der Waals surface area contributed by atoms with Crippen LogP contribution in [0.1, 0.15) is 27.4 Å². The number of phenols is 1. The lowest BCUT2D eigenvalue weighted by atomic mass is 9.71. The molecule has 1 aliphatic heterocycles. The molecule has 0 amide bonds. The first kappa shape index (κ1) is 17.7. The van der Waals surface area contributed by atoms with Gasteiger partial charge in [0.15, 0.2) is 5.78 Å². The van der Waals surface area contributed by atoms with Crippen molar-refractivity contribution in [2.24, 2.45) is 16.8 Å². The number of ketones is 1. The number of aliphatic imine (C=N–C) groups is 1. The molecule has 0 radical (unpaired) electrons. The molecule has 0 saturated heterocycles. The number of hydrogen-bond donors (Lipinski definition) is 1. The van der Waals surface area contributed by atoms with Gasteiger partial charge in [0.25, 0.3) is 0 Å². The third-order valence-electron chi connectivity index (χ3n) is 5.20. The van der Waals surface area contributed by atoms with Gasteiger partial charge in [0.2, 0.25) is 0 Å². The van der Waals surface area contributed by atoms with Gasteiger partial charge in [-0.25, -0.2) is 0 Å². The Kier molecular flexibility index (Phi) is 4.23. The van der Waals surface area contributed by atoms with Crippen LogP contribution in [0.4, 0.5) is 0 Å². The van der Waals surface area contributed by atoms with Crippen molar-refractivity contribution in [3.8, 4) is 5.75 Å². The molecule has 0 spiro atoms. The molecule has 4 rings (SSSR count). The van der Waals surface area contributed by atoms with Gasteiger partial charge in [-0.3, -0.25) is 14.6 Å². The Balaban J connectivity index is 1.94. The maximum absolute atomic E-state index is 13.2. The summed E-state index contributed by atoms with van der Waals surface area (Å²) in [5.74, 6) is -2.38. The highest BCUT2D eigenvalue weighted by Crippen LogP contribution is 2.48. The van der Waals surface area contributed by atoms with E-state index in [1.807, 2.05) is 18.2 Å². The minimum atomic E-state index is -0.779. The van der Waals surface area contributed by atoms with Crippen molar-refractivity contribution < 1.29 is 19.4 Å². The fraction of sp³-hybridized carbons (Fsp3) is 0.190. The van der Waals surface area contributed by atoms with Gasteiger partial charge in [-0.05, 0) is 33.6 Å². The SMILES string of the molecule is C=C1N=C2c3ccccc3C(=O)C2[C@H](c2ccc(O)c(Br)c2)[C@H]1C(=O)OC. The Morgan fingerprint density at radius 3 is 2.59 bits per heavy atom. The maximum Gasteiger partial charge on any atom is 0.315 e. The molecular weight excluding hydrogens is 410 g/mol. The Morgan fingerprint density at radius 1 is 1.22 bits per heavy atom.